The molecular formula is C7H7BrN4. The van der Waals surface area contributed by atoms with Crippen molar-refractivity contribution < 1.29 is 0 Å². The molecule has 0 aliphatic heterocycles. The van der Waals surface area contributed by atoms with Gasteiger partial charge in [0.25, 0.3) is 0 Å². The monoisotopic (exact) mass is 226 g/mol. The van der Waals surface area contributed by atoms with Crippen LogP contribution in [0.25, 0.3) is 11.4 Å². The maximum Gasteiger partial charge on any atom is 0.128 e. The Kier molecular flexibility index (Phi) is 1.73. The van der Waals surface area contributed by atoms with Crippen LogP contribution in [-0.2, 0) is 7.05 Å². The summed E-state index contributed by atoms with van der Waals surface area (Å²) in [5, 5.41) is 4.15. The van der Waals surface area contributed by atoms with Gasteiger partial charge in [-0.1, -0.05) is 0 Å². The van der Waals surface area contributed by atoms with E-state index in [1.165, 1.54) is 0 Å². The van der Waals surface area contributed by atoms with Gasteiger partial charge in [-0.25, -0.2) is 4.98 Å². The van der Waals surface area contributed by atoms with E-state index in [9.17, 15) is 0 Å². The number of aromatic amines is 1. The molecule has 0 fully saturated rings. The maximum atomic E-state index is 4.15. The Labute approximate surface area is 77.8 Å². The van der Waals surface area contributed by atoms with E-state index < -0.39 is 0 Å². The van der Waals surface area contributed by atoms with Crippen LogP contribution in [-0.4, -0.2) is 19.7 Å². The molecule has 0 atom stereocenters. The quantitative estimate of drug-likeness (QED) is 0.803. The highest BCUT2D eigenvalue weighted by Gasteiger charge is 2.05. The Bertz CT molecular complexity index is 376. The van der Waals surface area contributed by atoms with Crippen molar-refractivity contribution >= 4 is 15.9 Å². The molecule has 0 unspecified atom stereocenters. The lowest BCUT2D eigenvalue weighted by atomic mass is 10.3. The number of rotatable bonds is 1. The van der Waals surface area contributed by atoms with E-state index in [1.807, 2.05) is 13.1 Å². The van der Waals surface area contributed by atoms with Crippen molar-refractivity contribution in [3.05, 3.63) is 23.2 Å². The first-order chi connectivity index (χ1) is 5.77. The van der Waals surface area contributed by atoms with Crippen LogP contribution < -0.4 is 0 Å². The third kappa shape index (κ3) is 1.16. The van der Waals surface area contributed by atoms with Crippen LogP contribution in [0.4, 0.5) is 0 Å². The minimum absolute atomic E-state index is 0.828. The average molecular weight is 227 g/mol. The molecule has 2 heterocycles. The molecule has 0 aliphatic carbocycles. The summed E-state index contributed by atoms with van der Waals surface area (Å²) in [6, 6.07) is 1.94. The molecule has 2 rings (SSSR count). The predicted molar refractivity (Wildman–Crippen MR) is 48.5 cm³/mol. The van der Waals surface area contributed by atoms with Gasteiger partial charge in [0.05, 0.1) is 23.9 Å². The molecule has 0 aromatic carbocycles. The Morgan fingerprint density at radius 3 is 2.92 bits per heavy atom. The third-order valence-corrected chi connectivity index (χ3v) is 2.01. The number of hydrogen-bond acceptors (Lipinski definition) is 2. The summed E-state index contributed by atoms with van der Waals surface area (Å²) in [5.74, 6) is 0. The molecule has 4 nitrogen and oxygen atoms in total. The van der Waals surface area contributed by atoms with E-state index in [4.69, 9.17) is 0 Å². The fourth-order valence-electron chi connectivity index (χ4n) is 1.08. The lowest BCUT2D eigenvalue weighted by Gasteiger charge is -1.95. The van der Waals surface area contributed by atoms with Crippen molar-refractivity contribution in [1.82, 2.24) is 19.7 Å². The highest BCUT2D eigenvalue weighted by Crippen LogP contribution is 2.18. The third-order valence-electron chi connectivity index (χ3n) is 1.62. The SMILES string of the molecule is Cn1nc(Br)cc1-c1cnc[nH]1. The molecule has 0 saturated heterocycles. The van der Waals surface area contributed by atoms with Crippen LogP contribution >= 0.6 is 15.9 Å². The van der Waals surface area contributed by atoms with Gasteiger partial charge in [-0.2, -0.15) is 5.10 Å². The van der Waals surface area contributed by atoms with E-state index in [-0.39, 0.29) is 0 Å². The number of hydrogen-bond donors (Lipinski definition) is 1. The first-order valence-corrected chi connectivity index (χ1v) is 4.25. The molecule has 2 aromatic heterocycles. The van der Waals surface area contributed by atoms with Crippen LogP contribution in [0.3, 0.4) is 0 Å². The molecular weight excluding hydrogens is 220 g/mol. The molecule has 1 N–H and O–H groups in total. The number of aryl methyl sites for hydroxylation is 1. The summed E-state index contributed by atoms with van der Waals surface area (Å²) < 4.78 is 2.62. The standard InChI is InChI=1S/C7H7BrN4/c1-12-6(2-7(8)11-12)5-3-9-4-10-5/h2-4H,1H3,(H,9,10). The summed E-state index contributed by atoms with van der Waals surface area (Å²) in [4.78, 5) is 6.95. The minimum atomic E-state index is 0.828. The number of nitrogens with one attached hydrogen (secondary N) is 1. The summed E-state index contributed by atoms with van der Waals surface area (Å²) in [7, 11) is 1.89. The van der Waals surface area contributed by atoms with E-state index in [2.05, 4.69) is 31.0 Å². The average Bonchev–Trinajstić information content (AvgIpc) is 2.58. The zero-order chi connectivity index (χ0) is 8.55. The largest absolute Gasteiger partial charge is 0.343 e. The van der Waals surface area contributed by atoms with Gasteiger partial charge >= 0.3 is 0 Å². The van der Waals surface area contributed by atoms with Crippen molar-refractivity contribution in [2.75, 3.05) is 0 Å². The number of aromatic nitrogens is 4. The predicted octanol–water partition coefficient (Wildman–Crippen LogP) is 1.57. The van der Waals surface area contributed by atoms with Gasteiger partial charge in [-0.3, -0.25) is 4.68 Å². The normalized spacial score (nSPS) is 10.5. The Morgan fingerprint density at radius 2 is 2.42 bits per heavy atom. The summed E-state index contributed by atoms with van der Waals surface area (Å²) in [5.41, 5.74) is 1.98. The topological polar surface area (TPSA) is 46.5 Å². The highest BCUT2D eigenvalue weighted by atomic mass is 79.9. The Morgan fingerprint density at radius 1 is 1.58 bits per heavy atom. The van der Waals surface area contributed by atoms with Crippen molar-refractivity contribution in [1.29, 1.82) is 0 Å². The number of H-pyrrole nitrogens is 1. The lowest BCUT2D eigenvalue weighted by molar-refractivity contribution is 0.766. The molecule has 5 heteroatoms. The van der Waals surface area contributed by atoms with E-state index in [0.717, 1.165) is 16.0 Å². The van der Waals surface area contributed by atoms with Crippen LogP contribution in [0.15, 0.2) is 23.2 Å². The fourth-order valence-corrected chi connectivity index (χ4v) is 1.54. The molecule has 0 saturated carbocycles. The first kappa shape index (κ1) is 7.54. The zero-order valence-corrected chi connectivity index (χ0v) is 8.04. The second-order valence-electron chi connectivity index (χ2n) is 2.44. The minimum Gasteiger partial charge on any atom is -0.343 e. The Hall–Kier alpha value is -1.10. The number of nitrogens with zero attached hydrogens (tertiary/aromatic N) is 3. The van der Waals surface area contributed by atoms with Crippen molar-refractivity contribution in [3.8, 4) is 11.4 Å². The van der Waals surface area contributed by atoms with E-state index >= 15 is 0 Å². The second kappa shape index (κ2) is 2.75. The van der Waals surface area contributed by atoms with Gasteiger partial charge in [0.15, 0.2) is 0 Å². The number of imidazole rings is 1. The van der Waals surface area contributed by atoms with Crippen LogP contribution in [0.5, 0.6) is 0 Å². The van der Waals surface area contributed by atoms with Crippen LogP contribution in [0, 0.1) is 0 Å². The smallest absolute Gasteiger partial charge is 0.128 e. The van der Waals surface area contributed by atoms with Crippen LogP contribution in [0.2, 0.25) is 0 Å². The second-order valence-corrected chi connectivity index (χ2v) is 3.25. The van der Waals surface area contributed by atoms with E-state index in [0.29, 0.717) is 0 Å². The first-order valence-electron chi connectivity index (χ1n) is 3.45. The molecule has 12 heavy (non-hydrogen) atoms. The van der Waals surface area contributed by atoms with Gasteiger partial charge in [0, 0.05) is 13.1 Å². The molecule has 0 spiro atoms. The van der Waals surface area contributed by atoms with Crippen molar-refractivity contribution in [3.63, 3.8) is 0 Å². The van der Waals surface area contributed by atoms with Gasteiger partial charge in [-0.05, 0) is 15.9 Å². The molecule has 0 radical (unpaired) electrons. The van der Waals surface area contributed by atoms with Gasteiger partial charge in [0.2, 0.25) is 0 Å². The van der Waals surface area contributed by atoms with E-state index in [1.54, 1.807) is 17.2 Å². The summed E-state index contributed by atoms with van der Waals surface area (Å²) in [6.45, 7) is 0. The van der Waals surface area contributed by atoms with Gasteiger partial charge < -0.3 is 4.98 Å². The molecule has 0 amide bonds. The van der Waals surface area contributed by atoms with Gasteiger partial charge in [-0.15, -0.1) is 0 Å². The lowest BCUT2D eigenvalue weighted by Crippen LogP contribution is -1.93. The van der Waals surface area contributed by atoms with Crippen LogP contribution in [0.1, 0.15) is 0 Å². The zero-order valence-electron chi connectivity index (χ0n) is 6.45. The molecule has 62 valence electrons. The Balaban J connectivity index is 2.54. The molecule has 2 aromatic rings. The highest BCUT2D eigenvalue weighted by molar-refractivity contribution is 9.10. The van der Waals surface area contributed by atoms with Crippen molar-refractivity contribution in [2.24, 2.45) is 7.05 Å². The summed E-state index contributed by atoms with van der Waals surface area (Å²) in [6.07, 6.45) is 3.42. The fraction of sp³-hybridized carbons (Fsp3) is 0.143. The van der Waals surface area contributed by atoms with Gasteiger partial charge in [0.1, 0.15) is 4.60 Å². The number of halogens is 1. The molecule has 0 aliphatic rings. The maximum absolute atomic E-state index is 4.15. The van der Waals surface area contributed by atoms with Crippen molar-refractivity contribution in [2.45, 2.75) is 0 Å². The molecule has 0 bridgehead atoms. The summed E-state index contributed by atoms with van der Waals surface area (Å²) >= 11 is 3.30.